The van der Waals surface area contributed by atoms with Gasteiger partial charge in [0.15, 0.2) is 0 Å². The molecule has 0 spiro atoms. The first kappa shape index (κ1) is 15.3. The molecule has 1 aromatic carbocycles. The van der Waals surface area contributed by atoms with Gasteiger partial charge in [0.1, 0.15) is 0 Å². The molecule has 0 saturated carbocycles. The Morgan fingerprint density at radius 2 is 1.77 bits per heavy atom. The molecule has 2 heterocycles. The van der Waals surface area contributed by atoms with Crippen LogP contribution in [-0.4, -0.2) is 48.1 Å². The summed E-state index contributed by atoms with van der Waals surface area (Å²) in [5.74, 6) is 0. The third kappa shape index (κ3) is 4.01. The van der Waals surface area contributed by atoms with Gasteiger partial charge in [0.05, 0.1) is 0 Å². The molecule has 2 fully saturated rings. The van der Waals surface area contributed by atoms with Crippen LogP contribution in [0.25, 0.3) is 0 Å². The summed E-state index contributed by atoms with van der Waals surface area (Å²) in [4.78, 5) is 17.2. The van der Waals surface area contributed by atoms with Crippen molar-refractivity contribution in [2.24, 2.45) is 0 Å². The van der Waals surface area contributed by atoms with Crippen LogP contribution in [0.2, 0.25) is 0 Å². The minimum Gasteiger partial charge on any atom is -0.322 e. The quantitative estimate of drug-likeness (QED) is 0.923. The molecule has 2 aliphatic heterocycles. The minimum atomic E-state index is 0.0670. The third-order valence-corrected chi connectivity index (χ3v) is 4.89. The van der Waals surface area contributed by atoms with Gasteiger partial charge in [-0.15, -0.1) is 0 Å². The molecule has 4 nitrogen and oxygen atoms in total. The summed E-state index contributed by atoms with van der Waals surface area (Å²) < 4.78 is 0. The highest BCUT2D eigenvalue weighted by Gasteiger charge is 2.27. The highest BCUT2D eigenvalue weighted by atomic mass is 16.2. The van der Waals surface area contributed by atoms with E-state index in [4.69, 9.17) is 0 Å². The second kappa shape index (κ2) is 7.63. The van der Waals surface area contributed by atoms with Gasteiger partial charge >= 0.3 is 6.03 Å². The van der Waals surface area contributed by atoms with Crippen LogP contribution in [0.5, 0.6) is 0 Å². The zero-order chi connectivity index (χ0) is 15.2. The van der Waals surface area contributed by atoms with E-state index >= 15 is 0 Å². The Hall–Kier alpha value is -1.55. The van der Waals surface area contributed by atoms with Crippen LogP contribution in [0.1, 0.15) is 38.5 Å². The molecule has 0 bridgehead atoms. The molecule has 1 atom stereocenters. The molecule has 0 aliphatic carbocycles. The maximum atomic E-state index is 12.6. The number of nitrogens with one attached hydrogen (secondary N) is 1. The van der Waals surface area contributed by atoms with E-state index < -0.39 is 0 Å². The van der Waals surface area contributed by atoms with Crippen LogP contribution in [-0.2, 0) is 0 Å². The number of rotatable bonds is 4. The lowest BCUT2D eigenvalue weighted by Crippen LogP contribution is -2.47. The number of amides is 2. The lowest BCUT2D eigenvalue weighted by atomic mass is 9.99. The van der Waals surface area contributed by atoms with E-state index in [0.717, 1.165) is 38.0 Å². The summed E-state index contributed by atoms with van der Waals surface area (Å²) in [5, 5.41) is 3.04. The van der Waals surface area contributed by atoms with Gasteiger partial charge in [0.2, 0.25) is 0 Å². The van der Waals surface area contributed by atoms with Crippen molar-refractivity contribution >= 4 is 11.7 Å². The van der Waals surface area contributed by atoms with Crippen LogP contribution in [0.3, 0.4) is 0 Å². The number of carbonyl (C=O) groups excluding carboxylic acids is 1. The van der Waals surface area contributed by atoms with Gasteiger partial charge < -0.3 is 15.1 Å². The number of benzene rings is 1. The Bertz CT molecular complexity index is 470. The van der Waals surface area contributed by atoms with Gasteiger partial charge in [-0.3, -0.25) is 0 Å². The number of likely N-dealkylation sites (tertiary alicyclic amines) is 2. The van der Waals surface area contributed by atoms with Crippen molar-refractivity contribution in [3.63, 3.8) is 0 Å². The molecule has 2 saturated heterocycles. The molecule has 2 amide bonds. The largest absolute Gasteiger partial charge is 0.322 e. The first-order valence-corrected chi connectivity index (χ1v) is 8.68. The van der Waals surface area contributed by atoms with Gasteiger partial charge in [-0.2, -0.15) is 0 Å². The Labute approximate surface area is 133 Å². The van der Waals surface area contributed by atoms with E-state index in [0.29, 0.717) is 6.04 Å². The van der Waals surface area contributed by atoms with E-state index in [1.54, 1.807) is 0 Å². The molecular formula is C18H27N3O. The van der Waals surface area contributed by atoms with E-state index in [2.05, 4.69) is 15.1 Å². The monoisotopic (exact) mass is 301 g/mol. The number of hydrogen-bond donors (Lipinski definition) is 1. The lowest BCUT2D eigenvalue weighted by molar-refractivity contribution is 0.149. The molecule has 1 unspecified atom stereocenters. The summed E-state index contributed by atoms with van der Waals surface area (Å²) in [6.45, 7) is 4.51. The smallest absolute Gasteiger partial charge is 0.322 e. The van der Waals surface area contributed by atoms with Gasteiger partial charge in [-0.1, -0.05) is 18.2 Å². The molecule has 4 heteroatoms. The van der Waals surface area contributed by atoms with Crippen molar-refractivity contribution in [2.45, 2.75) is 44.6 Å². The van der Waals surface area contributed by atoms with Gasteiger partial charge in [-0.25, -0.2) is 4.79 Å². The summed E-state index contributed by atoms with van der Waals surface area (Å²) in [6, 6.07) is 10.2. The standard InChI is InChI=1S/C18H27N3O/c22-18(19-16-8-2-1-3-9-16)21-14-5-4-10-17(21)11-15-20-12-6-7-13-20/h1-3,8-9,17H,4-7,10-15H2,(H,19,22). The summed E-state index contributed by atoms with van der Waals surface area (Å²) in [6.07, 6.45) is 7.31. The van der Waals surface area contributed by atoms with E-state index in [1.807, 2.05) is 30.3 Å². The molecule has 120 valence electrons. The number of anilines is 1. The molecule has 2 aliphatic rings. The van der Waals surface area contributed by atoms with Crippen molar-refractivity contribution in [1.29, 1.82) is 0 Å². The van der Waals surface area contributed by atoms with E-state index in [-0.39, 0.29) is 6.03 Å². The summed E-state index contributed by atoms with van der Waals surface area (Å²) >= 11 is 0. The molecule has 3 rings (SSSR count). The Morgan fingerprint density at radius 1 is 1.05 bits per heavy atom. The van der Waals surface area contributed by atoms with Crippen molar-refractivity contribution in [2.75, 3.05) is 31.5 Å². The number of piperidine rings is 1. The predicted molar refractivity (Wildman–Crippen MR) is 90.1 cm³/mol. The average molecular weight is 301 g/mol. The van der Waals surface area contributed by atoms with Crippen LogP contribution >= 0.6 is 0 Å². The van der Waals surface area contributed by atoms with Crippen LogP contribution in [0, 0.1) is 0 Å². The predicted octanol–water partition coefficient (Wildman–Crippen LogP) is 3.56. The van der Waals surface area contributed by atoms with Crippen LogP contribution in [0.4, 0.5) is 10.5 Å². The van der Waals surface area contributed by atoms with E-state index in [9.17, 15) is 4.79 Å². The lowest BCUT2D eigenvalue weighted by Gasteiger charge is -2.36. The Balaban J connectivity index is 1.55. The number of hydrogen-bond acceptors (Lipinski definition) is 2. The fourth-order valence-electron chi connectivity index (χ4n) is 3.62. The second-order valence-corrected chi connectivity index (χ2v) is 6.48. The van der Waals surface area contributed by atoms with Crippen molar-refractivity contribution in [3.8, 4) is 0 Å². The molecule has 1 aromatic rings. The van der Waals surface area contributed by atoms with Gasteiger partial charge in [0.25, 0.3) is 0 Å². The summed E-state index contributed by atoms with van der Waals surface area (Å²) in [7, 11) is 0. The minimum absolute atomic E-state index is 0.0670. The number of para-hydroxylation sites is 1. The molecule has 22 heavy (non-hydrogen) atoms. The van der Waals surface area contributed by atoms with E-state index in [1.165, 1.54) is 32.4 Å². The Morgan fingerprint density at radius 3 is 2.55 bits per heavy atom. The van der Waals surface area contributed by atoms with Crippen molar-refractivity contribution in [1.82, 2.24) is 9.80 Å². The fourth-order valence-corrected chi connectivity index (χ4v) is 3.62. The van der Waals surface area contributed by atoms with Crippen molar-refractivity contribution < 1.29 is 4.79 Å². The number of urea groups is 1. The third-order valence-electron chi connectivity index (χ3n) is 4.89. The Kier molecular flexibility index (Phi) is 5.33. The molecule has 0 radical (unpaired) electrons. The zero-order valence-corrected chi connectivity index (χ0v) is 13.3. The first-order chi connectivity index (χ1) is 10.8. The van der Waals surface area contributed by atoms with Crippen LogP contribution in [0.15, 0.2) is 30.3 Å². The SMILES string of the molecule is O=C(Nc1ccccc1)N1CCCCC1CCN1CCCC1. The first-order valence-electron chi connectivity index (χ1n) is 8.68. The summed E-state index contributed by atoms with van der Waals surface area (Å²) in [5.41, 5.74) is 0.886. The number of nitrogens with zero attached hydrogens (tertiary/aromatic N) is 2. The maximum Gasteiger partial charge on any atom is 0.322 e. The number of carbonyl (C=O) groups is 1. The van der Waals surface area contributed by atoms with Gasteiger partial charge in [-0.05, 0) is 63.7 Å². The molecule has 1 N–H and O–H groups in total. The topological polar surface area (TPSA) is 35.6 Å². The average Bonchev–Trinajstić information content (AvgIpc) is 3.07. The van der Waals surface area contributed by atoms with Gasteiger partial charge in [0, 0.05) is 24.8 Å². The highest BCUT2D eigenvalue weighted by Crippen LogP contribution is 2.22. The molecular weight excluding hydrogens is 274 g/mol. The highest BCUT2D eigenvalue weighted by molar-refractivity contribution is 5.89. The zero-order valence-electron chi connectivity index (χ0n) is 13.3. The fraction of sp³-hybridized carbons (Fsp3) is 0.611. The second-order valence-electron chi connectivity index (χ2n) is 6.48. The molecule has 0 aromatic heterocycles. The maximum absolute atomic E-state index is 12.6. The normalized spacial score (nSPS) is 22.7. The van der Waals surface area contributed by atoms with Crippen LogP contribution < -0.4 is 5.32 Å². The van der Waals surface area contributed by atoms with Crippen molar-refractivity contribution in [3.05, 3.63) is 30.3 Å².